The smallest absolute Gasteiger partial charge is 0.311 e. The predicted octanol–water partition coefficient (Wildman–Crippen LogP) is 2.12. The molecule has 0 atom stereocenters. The third-order valence-corrected chi connectivity index (χ3v) is 2.87. The summed E-state index contributed by atoms with van der Waals surface area (Å²) in [5.74, 6) is 0.798. The summed E-state index contributed by atoms with van der Waals surface area (Å²) in [6.07, 6.45) is -0.538. The lowest BCUT2D eigenvalue weighted by Crippen LogP contribution is -2.16. The molecule has 4 nitrogen and oxygen atoms in total. The summed E-state index contributed by atoms with van der Waals surface area (Å²) in [6.45, 7) is 1.88. The number of nitrogens with one attached hydrogen (secondary N) is 1. The third kappa shape index (κ3) is 5.03. The highest BCUT2D eigenvalue weighted by Crippen LogP contribution is 2.27. The van der Waals surface area contributed by atoms with Crippen LogP contribution in [0.5, 0.6) is 0 Å². The van der Waals surface area contributed by atoms with Gasteiger partial charge >= 0.3 is 6.18 Å². The largest absolute Gasteiger partial charge is 0.389 e. The Morgan fingerprint density at radius 3 is 2.83 bits per heavy atom. The molecule has 0 spiro atoms. The van der Waals surface area contributed by atoms with E-state index in [4.69, 9.17) is 0 Å². The van der Waals surface area contributed by atoms with Gasteiger partial charge in [-0.1, -0.05) is 5.21 Å². The number of hydrogen-bond donors (Lipinski definition) is 1. The molecule has 0 aliphatic heterocycles. The third-order valence-electron chi connectivity index (χ3n) is 2.87. The first-order chi connectivity index (χ1) is 8.53. The number of rotatable bonds is 7. The van der Waals surface area contributed by atoms with Gasteiger partial charge in [0.2, 0.25) is 0 Å². The molecule has 1 aliphatic carbocycles. The van der Waals surface area contributed by atoms with Gasteiger partial charge in [0.25, 0.3) is 0 Å². The highest BCUT2D eigenvalue weighted by Gasteiger charge is 2.26. The molecule has 1 saturated carbocycles. The summed E-state index contributed by atoms with van der Waals surface area (Å²) in [5, 5.41) is 11.0. The first kappa shape index (κ1) is 13.3. The molecule has 1 aliphatic rings. The normalized spacial score (nSPS) is 16.2. The van der Waals surface area contributed by atoms with Gasteiger partial charge < -0.3 is 5.32 Å². The molecule has 102 valence electrons. The van der Waals surface area contributed by atoms with Crippen molar-refractivity contribution in [3.8, 4) is 0 Å². The number of aromatic nitrogens is 3. The van der Waals surface area contributed by atoms with E-state index in [-0.39, 0.29) is 13.0 Å². The van der Waals surface area contributed by atoms with Gasteiger partial charge in [0, 0.05) is 25.7 Å². The van der Waals surface area contributed by atoms with Crippen molar-refractivity contribution in [1.82, 2.24) is 20.3 Å². The summed E-state index contributed by atoms with van der Waals surface area (Å²) in [5.41, 5.74) is 0.780. The zero-order chi connectivity index (χ0) is 13.0. The van der Waals surface area contributed by atoms with Crippen molar-refractivity contribution in [2.75, 3.05) is 6.54 Å². The number of aryl methyl sites for hydroxylation is 1. The maximum absolute atomic E-state index is 12.0. The molecule has 7 heteroatoms. The van der Waals surface area contributed by atoms with Gasteiger partial charge in [-0.25, -0.2) is 0 Å². The average molecular weight is 262 g/mol. The van der Waals surface area contributed by atoms with Crippen LogP contribution in [0.2, 0.25) is 0 Å². The average Bonchev–Trinajstić information content (AvgIpc) is 2.97. The highest BCUT2D eigenvalue weighted by atomic mass is 19.4. The maximum atomic E-state index is 12.0. The van der Waals surface area contributed by atoms with Crippen LogP contribution in [0.3, 0.4) is 0 Å². The molecule has 1 aromatic heterocycles. The van der Waals surface area contributed by atoms with Gasteiger partial charge in [-0.05, 0) is 31.7 Å². The highest BCUT2D eigenvalue weighted by molar-refractivity contribution is 4.92. The molecule has 1 heterocycles. The fourth-order valence-electron chi connectivity index (χ4n) is 1.70. The first-order valence-electron chi connectivity index (χ1n) is 6.19. The Morgan fingerprint density at radius 2 is 2.17 bits per heavy atom. The fourth-order valence-corrected chi connectivity index (χ4v) is 1.70. The Bertz CT molecular complexity index is 371. The van der Waals surface area contributed by atoms with Crippen LogP contribution in [-0.4, -0.2) is 27.7 Å². The molecular formula is C11H17F3N4. The van der Waals surface area contributed by atoms with Crippen LogP contribution in [0.1, 0.15) is 31.4 Å². The van der Waals surface area contributed by atoms with Crippen molar-refractivity contribution in [2.24, 2.45) is 5.92 Å². The molecule has 18 heavy (non-hydrogen) atoms. The molecular weight excluding hydrogens is 245 g/mol. The summed E-state index contributed by atoms with van der Waals surface area (Å²) in [4.78, 5) is 0. The second-order valence-electron chi connectivity index (χ2n) is 4.77. The summed E-state index contributed by atoms with van der Waals surface area (Å²) >= 11 is 0. The molecule has 0 saturated heterocycles. The van der Waals surface area contributed by atoms with Crippen LogP contribution in [-0.2, 0) is 13.1 Å². The van der Waals surface area contributed by atoms with E-state index in [9.17, 15) is 13.2 Å². The quantitative estimate of drug-likeness (QED) is 0.818. The Balaban J connectivity index is 1.65. The molecule has 1 N–H and O–H groups in total. The standard InChI is InChI=1S/C11H17F3N4/c12-11(13,14)4-1-5-18-8-10(16-17-18)7-15-6-9-2-3-9/h8-9,15H,1-7H2. The monoisotopic (exact) mass is 262 g/mol. The van der Waals surface area contributed by atoms with E-state index >= 15 is 0 Å². The Hall–Kier alpha value is -1.11. The van der Waals surface area contributed by atoms with Gasteiger partial charge in [0.15, 0.2) is 0 Å². The van der Waals surface area contributed by atoms with Crippen molar-refractivity contribution >= 4 is 0 Å². The first-order valence-corrected chi connectivity index (χ1v) is 6.19. The molecule has 1 aromatic rings. The Morgan fingerprint density at radius 1 is 1.39 bits per heavy atom. The summed E-state index contributed by atoms with van der Waals surface area (Å²) in [6, 6.07) is 0. The number of nitrogens with zero attached hydrogens (tertiary/aromatic N) is 3. The summed E-state index contributed by atoms with van der Waals surface area (Å²) in [7, 11) is 0. The van der Waals surface area contributed by atoms with Crippen LogP contribution >= 0.6 is 0 Å². The van der Waals surface area contributed by atoms with Gasteiger partial charge in [0.05, 0.1) is 5.69 Å². The summed E-state index contributed by atoms with van der Waals surface area (Å²) < 4.78 is 37.3. The Kier molecular flexibility index (Phi) is 4.21. The second kappa shape index (κ2) is 5.69. The molecule has 0 radical (unpaired) electrons. The number of alkyl halides is 3. The fraction of sp³-hybridized carbons (Fsp3) is 0.818. The van der Waals surface area contributed by atoms with E-state index in [1.54, 1.807) is 6.20 Å². The lowest BCUT2D eigenvalue weighted by molar-refractivity contribution is -0.136. The lowest BCUT2D eigenvalue weighted by atomic mass is 10.3. The van der Waals surface area contributed by atoms with Gasteiger partial charge in [0.1, 0.15) is 0 Å². The number of hydrogen-bond acceptors (Lipinski definition) is 3. The molecule has 1 fully saturated rings. The van der Waals surface area contributed by atoms with E-state index < -0.39 is 12.6 Å². The molecule has 2 rings (SSSR count). The minimum atomic E-state index is -4.09. The van der Waals surface area contributed by atoms with Gasteiger partial charge in [-0.15, -0.1) is 5.10 Å². The topological polar surface area (TPSA) is 42.7 Å². The number of halogens is 3. The molecule has 0 bridgehead atoms. The zero-order valence-corrected chi connectivity index (χ0v) is 10.1. The van der Waals surface area contributed by atoms with Gasteiger partial charge in [-0.3, -0.25) is 4.68 Å². The minimum Gasteiger partial charge on any atom is -0.311 e. The van der Waals surface area contributed by atoms with Crippen LogP contribution in [0, 0.1) is 5.92 Å². The second-order valence-corrected chi connectivity index (χ2v) is 4.77. The maximum Gasteiger partial charge on any atom is 0.389 e. The van der Waals surface area contributed by atoms with Crippen LogP contribution in [0.25, 0.3) is 0 Å². The SMILES string of the molecule is FC(F)(F)CCCn1cc(CNCC2CC2)nn1. The van der Waals surface area contributed by atoms with E-state index in [1.807, 2.05) is 0 Å². The minimum absolute atomic E-state index is 0.0435. The van der Waals surface area contributed by atoms with E-state index in [0.717, 1.165) is 18.2 Å². The van der Waals surface area contributed by atoms with Gasteiger partial charge in [-0.2, -0.15) is 13.2 Å². The van der Waals surface area contributed by atoms with Crippen LogP contribution in [0.4, 0.5) is 13.2 Å². The van der Waals surface area contributed by atoms with Crippen molar-refractivity contribution in [1.29, 1.82) is 0 Å². The molecule has 0 amide bonds. The molecule has 0 unspecified atom stereocenters. The van der Waals surface area contributed by atoms with Crippen molar-refractivity contribution in [2.45, 2.75) is 44.9 Å². The molecule has 0 aromatic carbocycles. The van der Waals surface area contributed by atoms with Crippen molar-refractivity contribution in [3.05, 3.63) is 11.9 Å². The lowest BCUT2D eigenvalue weighted by Gasteiger charge is -2.04. The van der Waals surface area contributed by atoms with Crippen LogP contribution < -0.4 is 5.32 Å². The zero-order valence-electron chi connectivity index (χ0n) is 10.1. The Labute approximate surface area is 104 Å². The van der Waals surface area contributed by atoms with E-state index in [1.165, 1.54) is 17.5 Å². The predicted molar refractivity (Wildman–Crippen MR) is 59.7 cm³/mol. The van der Waals surface area contributed by atoms with E-state index in [2.05, 4.69) is 15.6 Å². The van der Waals surface area contributed by atoms with Crippen molar-refractivity contribution < 1.29 is 13.2 Å². The van der Waals surface area contributed by atoms with Crippen molar-refractivity contribution in [3.63, 3.8) is 0 Å². The van der Waals surface area contributed by atoms with Crippen LogP contribution in [0.15, 0.2) is 6.20 Å². The van der Waals surface area contributed by atoms with E-state index in [0.29, 0.717) is 6.54 Å².